The van der Waals surface area contributed by atoms with Crippen LogP contribution in [0, 0.1) is 11.3 Å². The highest BCUT2D eigenvalue weighted by Gasteiger charge is 2.34. The van der Waals surface area contributed by atoms with E-state index in [-0.39, 0.29) is 11.1 Å². The first-order valence-corrected chi connectivity index (χ1v) is 6.50. The normalized spacial score (nSPS) is 17.8. The molecule has 0 aromatic heterocycles. The van der Waals surface area contributed by atoms with Crippen LogP contribution in [0.25, 0.3) is 0 Å². The van der Waals surface area contributed by atoms with Gasteiger partial charge in [0.1, 0.15) is 6.07 Å². The van der Waals surface area contributed by atoms with Gasteiger partial charge >= 0.3 is 6.18 Å². The molecule has 0 bridgehead atoms. The molecule has 0 heterocycles. The summed E-state index contributed by atoms with van der Waals surface area (Å²) in [5, 5.41) is 12.2. The molecular formula is C14H16F3N3. The number of rotatable bonds is 3. The fourth-order valence-corrected chi connectivity index (χ4v) is 2.64. The quantitative estimate of drug-likeness (QED) is 0.895. The number of halogens is 3. The van der Waals surface area contributed by atoms with Crippen LogP contribution in [0.4, 0.5) is 18.9 Å². The van der Waals surface area contributed by atoms with Crippen molar-refractivity contribution in [3.63, 3.8) is 0 Å². The molecule has 1 aliphatic carbocycles. The topological polar surface area (TPSA) is 61.8 Å². The van der Waals surface area contributed by atoms with Crippen LogP contribution in [-0.2, 0) is 6.18 Å². The van der Waals surface area contributed by atoms with Crippen LogP contribution in [0.3, 0.4) is 0 Å². The molecule has 0 radical (unpaired) electrons. The molecule has 1 fully saturated rings. The van der Waals surface area contributed by atoms with Crippen molar-refractivity contribution in [1.82, 2.24) is 0 Å². The van der Waals surface area contributed by atoms with Crippen molar-refractivity contribution in [2.24, 2.45) is 5.73 Å². The van der Waals surface area contributed by atoms with Crippen molar-refractivity contribution in [1.29, 1.82) is 5.26 Å². The van der Waals surface area contributed by atoms with Gasteiger partial charge in [-0.2, -0.15) is 18.4 Å². The Morgan fingerprint density at radius 2 is 1.95 bits per heavy atom. The second-order valence-electron chi connectivity index (χ2n) is 5.19. The zero-order chi connectivity index (χ0) is 14.8. The highest BCUT2D eigenvalue weighted by atomic mass is 19.4. The van der Waals surface area contributed by atoms with Crippen molar-refractivity contribution in [2.45, 2.75) is 37.4 Å². The van der Waals surface area contributed by atoms with Gasteiger partial charge in [0.15, 0.2) is 0 Å². The summed E-state index contributed by atoms with van der Waals surface area (Å²) < 4.78 is 37.9. The number of nitrogens with one attached hydrogen (secondary N) is 1. The third-order valence-electron chi connectivity index (χ3n) is 3.82. The van der Waals surface area contributed by atoms with Gasteiger partial charge in [-0.3, -0.25) is 0 Å². The maximum absolute atomic E-state index is 12.6. The number of hydrogen-bond acceptors (Lipinski definition) is 3. The zero-order valence-electron chi connectivity index (χ0n) is 10.9. The van der Waals surface area contributed by atoms with Crippen LogP contribution in [0.1, 0.15) is 36.8 Å². The van der Waals surface area contributed by atoms with E-state index in [1.807, 2.05) is 6.07 Å². The molecule has 6 heteroatoms. The standard InChI is InChI=1S/C14H16F3N3/c15-14(16,17)11-3-4-12(10(7-11)8-18)20-13(9-19)5-1-2-6-13/h3-4,7,20H,1-2,5-6,9,19H2. The first-order valence-electron chi connectivity index (χ1n) is 6.50. The average molecular weight is 283 g/mol. The predicted octanol–water partition coefficient (Wildman–Crippen LogP) is 3.26. The Morgan fingerprint density at radius 3 is 2.45 bits per heavy atom. The van der Waals surface area contributed by atoms with Gasteiger partial charge < -0.3 is 11.1 Å². The summed E-state index contributed by atoms with van der Waals surface area (Å²) >= 11 is 0. The Morgan fingerprint density at radius 1 is 1.30 bits per heavy atom. The molecule has 0 amide bonds. The summed E-state index contributed by atoms with van der Waals surface area (Å²) in [4.78, 5) is 0. The first kappa shape index (κ1) is 14.7. The van der Waals surface area contributed by atoms with Gasteiger partial charge in [-0.25, -0.2) is 0 Å². The Bertz CT molecular complexity index is 525. The lowest BCUT2D eigenvalue weighted by Crippen LogP contribution is -2.43. The van der Waals surface area contributed by atoms with E-state index in [4.69, 9.17) is 11.0 Å². The molecular weight excluding hydrogens is 267 g/mol. The van der Waals surface area contributed by atoms with Crippen molar-refractivity contribution in [3.05, 3.63) is 29.3 Å². The van der Waals surface area contributed by atoms with E-state index in [2.05, 4.69) is 5.32 Å². The van der Waals surface area contributed by atoms with E-state index in [1.54, 1.807) is 0 Å². The monoisotopic (exact) mass is 283 g/mol. The number of anilines is 1. The Balaban J connectivity index is 2.31. The molecule has 0 spiro atoms. The molecule has 0 saturated heterocycles. The summed E-state index contributed by atoms with van der Waals surface area (Å²) in [7, 11) is 0. The predicted molar refractivity (Wildman–Crippen MR) is 70.0 cm³/mol. The minimum absolute atomic E-state index is 0.000417. The summed E-state index contributed by atoms with van der Waals surface area (Å²) in [6.45, 7) is 0.402. The van der Waals surface area contributed by atoms with E-state index < -0.39 is 11.7 Å². The lowest BCUT2D eigenvalue weighted by atomic mass is 9.96. The molecule has 1 saturated carbocycles. The van der Waals surface area contributed by atoms with Gasteiger partial charge in [0, 0.05) is 12.1 Å². The van der Waals surface area contributed by atoms with E-state index in [9.17, 15) is 13.2 Å². The number of nitriles is 1. The Hall–Kier alpha value is -1.74. The van der Waals surface area contributed by atoms with Crippen molar-refractivity contribution in [2.75, 3.05) is 11.9 Å². The average Bonchev–Trinajstić information content (AvgIpc) is 2.87. The third kappa shape index (κ3) is 2.88. The smallest absolute Gasteiger partial charge is 0.377 e. The minimum atomic E-state index is -4.44. The number of nitrogens with zero attached hydrogens (tertiary/aromatic N) is 1. The molecule has 1 aromatic carbocycles. The van der Waals surface area contributed by atoms with Crippen LogP contribution in [0.15, 0.2) is 18.2 Å². The van der Waals surface area contributed by atoms with E-state index in [0.717, 1.165) is 37.8 Å². The molecule has 108 valence electrons. The molecule has 3 N–H and O–H groups in total. The van der Waals surface area contributed by atoms with Gasteiger partial charge in [-0.1, -0.05) is 12.8 Å². The van der Waals surface area contributed by atoms with Gasteiger partial charge in [0.05, 0.1) is 16.8 Å². The minimum Gasteiger partial charge on any atom is -0.377 e. The molecule has 0 unspecified atom stereocenters. The van der Waals surface area contributed by atoms with Crippen LogP contribution < -0.4 is 11.1 Å². The van der Waals surface area contributed by atoms with Crippen LogP contribution >= 0.6 is 0 Å². The number of benzene rings is 1. The maximum Gasteiger partial charge on any atom is 0.416 e. The fraction of sp³-hybridized carbons (Fsp3) is 0.500. The third-order valence-corrected chi connectivity index (χ3v) is 3.82. The molecule has 1 aliphatic rings. The van der Waals surface area contributed by atoms with E-state index in [0.29, 0.717) is 12.2 Å². The first-order chi connectivity index (χ1) is 9.40. The summed E-state index contributed by atoms with van der Waals surface area (Å²) in [6.07, 6.45) is -0.632. The molecule has 3 nitrogen and oxygen atoms in total. The summed E-state index contributed by atoms with van der Waals surface area (Å²) in [5.41, 5.74) is 5.09. The van der Waals surface area contributed by atoms with Crippen molar-refractivity contribution >= 4 is 5.69 Å². The van der Waals surface area contributed by atoms with E-state index >= 15 is 0 Å². The van der Waals surface area contributed by atoms with Crippen LogP contribution in [0.5, 0.6) is 0 Å². The number of nitrogens with two attached hydrogens (primary N) is 1. The molecule has 0 aliphatic heterocycles. The Kier molecular flexibility index (Phi) is 3.91. The van der Waals surface area contributed by atoms with Gasteiger partial charge in [0.25, 0.3) is 0 Å². The van der Waals surface area contributed by atoms with Crippen LogP contribution in [0.2, 0.25) is 0 Å². The van der Waals surface area contributed by atoms with Gasteiger partial charge in [-0.05, 0) is 31.0 Å². The van der Waals surface area contributed by atoms with Gasteiger partial charge in [0.2, 0.25) is 0 Å². The van der Waals surface area contributed by atoms with E-state index in [1.165, 1.54) is 6.07 Å². The Labute approximate surface area is 115 Å². The van der Waals surface area contributed by atoms with Crippen molar-refractivity contribution < 1.29 is 13.2 Å². The molecule has 20 heavy (non-hydrogen) atoms. The summed E-state index contributed by atoms with van der Waals surface area (Å²) in [6, 6.07) is 5.00. The van der Waals surface area contributed by atoms with Crippen molar-refractivity contribution in [3.8, 4) is 6.07 Å². The highest BCUT2D eigenvalue weighted by molar-refractivity contribution is 5.60. The van der Waals surface area contributed by atoms with Gasteiger partial charge in [-0.15, -0.1) is 0 Å². The number of hydrogen-bond donors (Lipinski definition) is 2. The lowest BCUT2D eigenvalue weighted by molar-refractivity contribution is -0.137. The largest absolute Gasteiger partial charge is 0.416 e. The molecule has 0 atom stereocenters. The lowest BCUT2D eigenvalue weighted by Gasteiger charge is -2.30. The summed E-state index contributed by atoms with van der Waals surface area (Å²) in [5.74, 6) is 0. The number of alkyl halides is 3. The fourth-order valence-electron chi connectivity index (χ4n) is 2.64. The molecule has 1 aromatic rings. The zero-order valence-corrected chi connectivity index (χ0v) is 10.9. The van der Waals surface area contributed by atoms with Crippen LogP contribution in [-0.4, -0.2) is 12.1 Å². The molecule has 2 rings (SSSR count). The highest BCUT2D eigenvalue weighted by Crippen LogP contribution is 2.35. The SMILES string of the molecule is N#Cc1cc(C(F)(F)F)ccc1NC1(CN)CCCC1. The second kappa shape index (κ2) is 5.33. The second-order valence-corrected chi connectivity index (χ2v) is 5.19. The maximum atomic E-state index is 12.6.